The highest BCUT2D eigenvalue weighted by molar-refractivity contribution is 5.58. The lowest BCUT2D eigenvalue weighted by atomic mass is 10.1. The Morgan fingerprint density at radius 3 is 2.70 bits per heavy atom. The van der Waals surface area contributed by atoms with Crippen molar-refractivity contribution >= 4 is 5.82 Å². The number of nitrogens with two attached hydrogens (primary N) is 1. The summed E-state index contributed by atoms with van der Waals surface area (Å²) in [5.41, 5.74) is 9.44. The van der Waals surface area contributed by atoms with E-state index in [0.29, 0.717) is 11.7 Å². The molecule has 0 amide bonds. The van der Waals surface area contributed by atoms with Crippen LogP contribution in [0.4, 0.5) is 5.82 Å². The molecule has 1 saturated carbocycles. The second kappa shape index (κ2) is 5.23. The maximum atomic E-state index is 5.93. The Morgan fingerprint density at radius 1 is 1.20 bits per heavy atom. The van der Waals surface area contributed by atoms with Crippen molar-refractivity contribution < 1.29 is 0 Å². The first-order valence-corrected chi connectivity index (χ1v) is 7.35. The highest BCUT2D eigenvalue weighted by Crippen LogP contribution is 2.40. The van der Waals surface area contributed by atoms with E-state index in [-0.39, 0.29) is 0 Å². The van der Waals surface area contributed by atoms with Crippen LogP contribution in [0.15, 0.2) is 30.3 Å². The molecule has 1 heterocycles. The van der Waals surface area contributed by atoms with Crippen molar-refractivity contribution in [1.29, 1.82) is 0 Å². The third-order valence-corrected chi connectivity index (χ3v) is 3.61. The van der Waals surface area contributed by atoms with Crippen LogP contribution in [0, 0.1) is 5.92 Å². The molecule has 2 aromatic rings. The molecule has 0 saturated heterocycles. The predicted octanol–water partition coefficient (Wildman–Crippen LogP) is 3.80. The van der Waals surface area contributed by atoms with Crippen molar-refractivity contribution in [2.24, 2.45) is 5.92 Å². The zero-order chi connectivity index (χ0) is 14.1. The van der Waals surface area contributed by atoms with Crippen molar-refractivity contribution in [3.8, 4) is 11.4 Å². The van der Waals surface area contributed by atoms with Crippen LogP contribution in [0.1, 0.15) is 43.9 Å². The monoisotopic (exact) mass is 267 g/mol. The van der Waals surface area contributed by atoms with E-state index in [4.69, 9.17) is 5.73 Å². The largest absolute Gasteiger partial charge is 0.384 e. The van der Waals surface area contributed by atoms with Crippen molar-refractivity contribution in [2.45, 2.75) is 39.0 Å². The lowest BCUT2D eigenvalue weighted by Gasteiger charge is -2.09. The molecule has 1 fully saturated rings. The molecule has 1 aromatic heterocycles. The maximum Gasteiger partial charge on any atom is 0.161 e. The number of nitrogens with zero attached hydrogens (tertiary/aromatic N) is 2. The van der Waals surface area contributed by atoms with Gasteiger partial charge in [-0.2, -0.15) is 0 Å². The topological polar surface area (TPSA) is 51.8 Å². The van der Waals surface area contributed by atoms with Crippen LogP contribution in [0.5, 0.6) is 0 Å². The molecule has 0 aliphatic heterocycles. The predicted molar refractivity (Wildman–Crippen MR) is 82.4 cm³/mol. The molecule has 0 atom stereocenters. The number of rotatable bonds is 4. The number of hydrogen-bond acceptors (Lipinski definition) is 3. The van der Waals surface area contributed by atoms with Gasteiger partial charge in [-0.1, -0.05) is 32.0 Å². The van der Waals surface area contributed by atoms with Crippen LogP contribution >= 0.6 is 0 Å². The van der Waals surface area contributed by atoms with Gasteiger partial charge in [0.2, 0.25) is 0 Å². The van der Waals surface area contributed by atoms with Gasteiger partial charge in [0.15, 0.2) is 5.82 Å². The summed E-state index contributed by atoms with van der Waals surface area (Å²) < 4.78 is 0. The number of nitrogen functional groups attached to an aromatic ring is 1. The number of benzene rings is 1. The van der Waals surface area contributed by atoms with Gasteiger partial charge >= 0.3 is 0 Å². The number of hydrogen-bond donors (Lipinski definition) is 1. The second-order valence-corrected chi connectivity index (χ2v) is 6.11. The first-order chi connectivity index (χ1) is 9.61. The number of aromatic nitrogens is 2. The summed E-state index contributed by atoms with van der Waals surface area (Å²) in [7, 11) is 0. The van der Waals surface area contributed by atoms with Gasteiger partial charge in [0.1, 0.15) is 5.82 Å². The molecule has 104 valence electrons. The molecule has 20 heavy (non-hydrogen) atoms. The molecule has 3 rings (SSSR count). The standard InChI is InChI=1S/C17H21N3/c1-11(2)8-15-10-16(18)20-17(19-15)14-5-3-4-13(9-14)12-6-7-12/h3-5,9-12H,6-8H2,1-2H3,(H2,18,19,20). The summed E-state index contributed by atoms with van der Waals surface area (Å²) in [6, 6.07) is 10.5. The molecule has 1 aromatic carbocycles. The van der Waals surface area contributed by atoms with Crippen LogP contribution in [0.25, 0.3) is 11.4 Å². The zero-order valence-corrected chi connectivity index (χ0v) is 12.1. The molecule has 3 heteroatoms. The Morgan fingerprint density at radius 2 is 2.00 bits per heavy atom. The van der Waals surface area contributed by atoms with Crippen LogP contribution in [0.3, 0.4) is 0 Å². The SMILES string of the molecule is CC(C)Cc1cc(N)nc(-c2cccc(C3CC3)c2)n1. The van der Waals surface area contributed by atoms with Gasteiger partial charge in [-0.3, -0.25) is 0 Å². The van der Waals surface area contributed by atoms with E-state index in [0.717, 1.165) is 29.4 Å². The second-order valence-electron chi connectivity index (χ2n) is 6.11. The molecule has 3 nitrogen and oxygen atoms in total. The van der Waals surface area contributed by atoms with Crippen molar-refractivity contribution in [3.63, 3.8) is 0 Å². The Labute approximate surface area is 120 Å². The Balaban J connectivity index is 1.96. The van der Waals surface area contributed by atoms with Crippen molar-refractivity contribution in [3.05, 3.63) is 41.6 Å². The molecular weight excluding hydrogens is 246 g/mol. The number of anilines is 1. The molecule has 0 bridgehead atoms. The van der Waals surface area contributed by atoms with Gasteiger partial charge in [0.05, 0.1) is 0 Å². The molecule has 0 radical (unpaired) electrons. The van der Waals surface area contributed by atoms with Gasteiger partial charge in [0, 0.05) is 17.3 Å². The van der Waals surface area contributed by atoms with Gasteiger partial charge in [-0.05, 0) is 42.7 Å². The van der Waals surface area contributed by atoms with E-state index in [1.165, 1.54) is 18.4 Å². The molecule has 0 spiro atoms. The minimum Gasteiger partial charge on any atom is -0.384 e. The lowest BCUT2D eigenvalue weighted by molar-refractivity contribution is 0.635. The molecule has 2 N–H and O–H groups in total. The molecule has 1 aliphatic rings. The van der Waals surface area contributed by atoms with Gasteiger partial charge in [-0.15, -0.1) is 0 Å². The van der Waals surface area contributed by atoms with Crippen molar-refractivity contribution in [2.75, 3.05) is 5.73 Å². The summed E-state index contributed by atoms with van der Waals surface area (Å²) in [5, 5.41) is 0. The first-order valence-electron chi connectivity index (χ1n) is 7.35. The zero-order valence-electron chi connectivity index (χ0n) is 12.1. The fourth-order valence-corrected chi connectivity index (χ4v) is 2.52. The average molecular weight is 267 g/mol. The quantitative estimate of drug-likeness (QED) is 0.916. The van der Waals surface area contributed by atoms with E-state index in [2.05, 4.69) is 48.1 Å². The highest BCUT2D eigenvalue weighted by Gasteiger charge is 2.23. The minimum atomic E-state index is 0.558. The summed E-state index contributed by atoms with van der Waals surface area (Å²) in [5.74, 6) is 2.62. The highest BCUT2D eigenvalue weighted by atomic mass is 14.9. The van der Waals surface area contributed by atoms with Crippen LogP contribution in [-0.2, 0) is 6.42 Å². The van der Waals surface area contributed by atoms with Crippen LogP contribution < -0.4 is 5.73 Å². The summed E-state index contributed by atoms with van der Waals surface area (Å²) in [6.45, 7) is 4.37. The van der Waals surface area contributed by atoms with E-state index >= 15 is 0 Å². The molecule has 1 aliphatic carbocycles. The summed E-state index contributed by atoms with van der Waals surface area (Å²) in [6.07, 6.45) is 3.54. The fraction of sp³-hybridized carbons (Fsp3) is 0.412. The molecule has 0 unspecified atom stereocenters. The Kier molecular flexibility index (Phi) is 3.43. The molecular formula is C17H21N3. The average Bonchev–Trinajstić information content (AvgIpc) is 3.21. The van der Waals surface area contributed by atoms with E-state index in [1.54, 1.807) is 0 Å². The smallest absolute Gasteiger partial charge is 0.161 e. The van der Waals surface area contributed by atoms with Gasteiger partial charge in [-0.25, -0.2) is 9.97 Å². The van der Waals surface area contributed by atoms with E-state index in [9.17, 15) is 0 Å². The van der Waals surface area contributed by atoms with Crippen LogP contribution in [-0.4, -0.2) is 9.97 Å². The van der Waals surface area contributed by atoms with Gasteiger partial charge < -0.3 is 5.73 Å². The fourth-order valence-electron chi connectivity index (χ4n) is 2.52. The summed E-state index contributed by atoms with van der Waals surface area (Å²) >= 11 is 0. The Hall–Kier alpha value is -1.90. The maximum absolute atomic E-state index is 5.93. The van der Waals surface area contributed by atoms with E-state index in [1.807, 2.05) is 6.07 Å². The lowest BCUT2D eigenvalue weighted by Crippen LogP contribution is -2.03. The Bertz CT molecular complexity index is 615. The van der Waals surface area contributed by atoms with Gasteiger partial charge in [0.25, 0.3) is 0 Å². The minimum absolute atomic E-state index is 0.558. The normalized spacial score (nSPS) is 14.8. The van der Waals surface area contributed by atoms with Crippen molar-refractivity contribution in [1.82, 2.24) is 9.97 Å². The first kappa shape index (κ1) is 13.1. The third-order valence-electron chi connectivity index (χ3n) is 3.61. The summed E-state index contributed by atoms with van der Waals surface area (Å²) in [4.78, 5) is 9.07. The third kappa shape index (κ3) is 2.98. The van der Waals surface area contributed by atoms with E-state index < -0.39 is 0 Å². The van der Waals surface area contributed by atoms with Crippen LogP contribution in [0.2, 0.25) is 0 Å².